The lowest BCUT2D eigenvalue weighted by atomic mass is 9.82. The minimum absolute atomic E-state index is 0.181. The number of carbonyl (C=O) groups excluding carboxylic acids is 2. The van der Waals surface area contributed by atoms with Gasteiger partial charge in [-0.15, -0.1) is 0 Å². The van der Waals surface area contributed by atoms with Gasteiger partial charge in [0.2, 0.25) is 0 Å². The van der Waals surface area contributed by atoms with Crippen molar-refractivity contribution in [1.29, 1.82) is 0 Å². The summed E-state index contributed by atoms with van der Waals surface area (Å²) in [5.74, 6) is -1.91. The summed E-state index contributed by atoms with van der Waals surface area (Å²) in [5, 5.41) is 1.90. The standard InChI is InChI=1S/C28H23F3N2O5/c1-17-10-9-15-20-21(19-13-7-4-8-14-19)22(24(34)32-23(17)20)27(25(35)37-2,28(29,30)31)33-26(36)38-16-18-11-5-3-6-12-18/h3-15H,16H2,1-2H3,(H,32,34)(H,33,36). The Morgan fingerprint density at radius 3 is 2.16 bits per heavy atom. The van der Waals surface area contributed by atoms with Crippen LogP contribution in [0.15, 0.2) is 83.7 Å². The highest BCUT2D eigenvalue weighted by Crippen LogP contribution is 2.44. The summed E-state index contributed by atoms with van der Waals surface area (Å²) in [6.07, 6.45) is -7.08. The Kier molecular flexibility index (Phi) is 7.25. The number of hydrogen-bond donors (Lipinski definition) is 2. The largest absolute Gasteiger partial charge is 0.467 e. The molecular formula is C28H23F3N2O5. The lowest BCUT2D eigenvalue weighted by molar-refractivity contribution is -0.213. The molecule has 0 bridgehead atoms. The maximum Gasteiger partial charge on any atom is 0.427 e. The Morgan fingerprint density at radius 2 is 1.55 bits per heavy atom. The molecule has 3 aromatic carbocycles. The number of methoxy groups -OCH3 is 1. The minimum atomic E-state index is -5.51. The highest BCUT2D eigenvalue weighted by molar-refractivity contribution is 6.01. The van der Waals surface area contributed by atoms with Gasteiger partial charge in [-0.2, -0.15) is 13.2 Å². The van der Waals surface area contributed by atoms with Crippen molar-refractivity contribution in [1.82, 2.24) is 10.3 Å². The molecule has 4 rings (SSSR count). The average Bonchev–Trinajstić information content (AvgIpc) is 2.90. The molecule has 7 nitrogen and oxygen atoms in total. The van der Waals surface area contributed by atoms with E-state index in [0.717, 1.165) is 7.11 Å². The molecule has 0 spiro atoms. The maximum absolute atomic E-state index is 15.1. The predicted molar refractivity (Wildman–Crippen MR) is 134 cm³/mol. The quantitative estimate of drug-likeness (QED) is 0.331. The molecule has 0 fully saturated rings. The molecule has 4 aromatic rings. The van der Waals surface area contributed by atoms with Crippen LogP contribution in [0.5, 0.6) is 0 Å². The van der Waals surface area contributed by atoms with Crippen molar-refractivity contribution in [2.24, 2.45) is 0 Å². The fourth-order valence-electron chi connectivity index (χ4n) is 4.34. The molecule has 1 heterocycles. The van der Waals surface area contributed by atoms with E-state index in [4.69, 9.17) is 4.74 Å². The molecular weight excluding hydrogens is 501 g/mol. The van der Waals surface area contributed by atoms with Crippen molar-refractivity contribution in [3.05, 3.63) is 106 Å². The van der Waals surface area contributed by atoms with Gasteiger partial charge in [0.25, 0.3) is 11.1 Å². The van der Waals surface area contributed by atoms with Gasteiger partial charge in [0.1, 0.15) is 6.61 Å². The molecule has 0 aliphatic rings. The smallest absolute Gasteiger partial charge is 0.427 e. The van der Waals surface area contributed by atoms with Crippen molar-refractivity contribution in [2.75, 3.05) is 7.11 Å². The number of aromatic nitrogens is 1. The van der Waals surface area contributed by atoms with Gasteiger partial charge in [0.15, 0.2) is 0 Å². The van der Waals surface area contributed by atoms with E-state index < -0.39 is 34.9 Å². The number of halogens is 3. The van der Waals surface area contributed by atoms with Gasteiger partial charge < -0.3 is 14.5 Å². The summed E-state index contributed by atoms with van der Waals surface area (Å²) in [4.78, 5) is 41.8. The second-order valence-corrected chi connectivity index (χ2v) is 8.49. The van der Waals surface area contributed by atoms with Gasteiger partial charge in [-0.25, -0.2) is 9.59 Å². The van der Waals surface area contributed by atoms with E-state index >= 15 is 13.2 Å². The first kappa shape index (κ1) is 26.5. The van der Waals surface area contributed by atoms with Crippen LogP contribution in [0.3, 0.4) is 0 Å². The van der Waals surface area contributed by atoms with Gasteiger partial charge in [-0.3, -0.25) is 10.1 Å². The monoisotopic (exact) mass is 524 g/mol. The van der Waals surface area contributed by atoms with Crippen molar-refractivity contribution in [3.8, 4) is 11.1 Å². The van der Waals surface area contributed by atoms with Gasteiger partial charge >= 0.3 is 18.2 Å². The number of para-hydroxylation sites is 1. The molecule has 1 unspecified atom stereocenters. The van der Waals surface area contributed by atoms with Crippen LogP contribution in [0.2, 0.25) is 0 Å². The van der Waals surface area contributed by atoms with Crippen LogP contribution < -0.4 is 10.9 Å². The Balaban J connectivity index is 2.00. The molecule has 196 valence electrons. The van der Waals surface area contributed by atoms with Crippen LogP contribution in [0, 0.1) is 6.92 Å². The number of nitrogens with one attached hydrogen (secondary N) is 2. The molecule has 2 N–H and O–H groups in total. The second-order valence-electron chi connectivity index (χ2n) is 8.49. The number of carbonyl (C=O) groups is 2. The third-order valence-corrected chi connectivity index (χ3v) is 6.11. The first-order valence-corrected chi connectivity index (χ1v) is 11.5. The zero-order chi connectivity index (χ0) is 27.5. The molecule has 1 amide bonds. The van der Waals surface area contributed by atoms with Crippen LogP contribution >= 0.6 is 0 Å². The molecule has 1 aromatic heterocycles. The SMILES string of the molecule is COC(=O)C(NC(=O)OCc1ccccc1)(c1c(-c2ccccc2)c2cccc(C)c2[nH]c1=O)C(F)(F)F. The topological polar surface area (TPSA) is 97.5 Å². The highest BCUT2D eigenvalue weighted by atomic mass is 19.4. The number of aryl methyl sites for hydroxylation is 1. The average molecular weight is 524 g/mol. The van der Waals surface area contributed by atoms with Crippen molar-refractivity contribution >= 4 is 23.0 Å². The molecule has 0 saturated heterocycles. The van der Waals surface area contributed by atoms with Gasteiger partial charge in [0, 0.05) is 10.9 Å². The lowest BCUT2D eigenvalue weighted by Gasteiger charge is -2.34. The number of rotatable bonds is 6. The Bertz CT molecular complexity index is 1540. The summed E-state index contributed by atoms with van der Waals surface area (Å²) in [6.45, 7) is 1.31. The first-order chi connectivity index (χ1) is 18.1. The summed E-state index contributed by atoms with van der Waals surface area (Å²) in [5.41, 5.74) is -4.74. The normalized spacial score (nSPS) is 13.0. The van der Waals surface area contributed by atoms with E-state index in [1.807, 2.05) is 0 Å². The zero-order valence-corrected chi connectivity index (χ0v) is 20.4. The number of aromatic amines is 1. The molecule has 38 heavy (non-hydrogen) atoms. The molecule has 10 heteroatoms. The summed E-state index contributed by atoms with van der Waals surface area (Å²) < 4.78 is 54.7. The van der Waals surface area contributed by atoms with Gasteiger partial charge in [-0.1, -0.05) is 78.9 Å². The fourth-order valence-corrected chi connectivity index (χ4v) is 4.34. The number of fused-ring (bicyclic) bond motifs is 1. The molecule has 0 aliphatic heterocycles. The Morgan fingerprint density at radius 1 is 0.921 bits per heavy atom. The third kappa shape index (κ3) is 4.72. The second kappa shape index (κ2) is 10.4. The molecule has 0 radical (unpaired) electrons. The molecule has 0 saturated carbocycles. The summed E-state index contributed by atoms with van der Waals surface area (Å²) in [6, 6.07) is 20.9. The number of alkyl carbamates (subject to hydrolysis) is 1. The highest BCUT2D eigenvalue weighted by Gasteiger charge is 2.66. The summed E-state index contributed by atoms with van der Waals surface area (Å²) in [7, 11) is 0.737. The van der Waals surface area contributed by atoms with Gasteiger partial charge in [0.05, 0.1) is 18.2 Å². The van der Waals surface area contributed by atoms with E-state index in [9.17, 15) is 14.4 Å². The van der Waals surface area contributed by atoms with Crippen molar-refractivity contribution < 1.29 is 32.2 Å². The van der Waals surface area contributed by atoms with E-state index in [2.05, 4.69) is 9.72 Å². The van der Waals surface area contributed by atoms with Crippen molar-refractivity contribution in [2.45, 2.75) is 25.2 Å². The van der Waals surface area contributed by atoms with Crippen LogP contribution in [-0.2, 0) is 26.4 Å². The third-order valence-electron chi connectivity index (χ3n) is 6.11. The summed E-state index contributed by atoms with van der Waals surface area (Å²) >= 11 is 0. The number of esters is 1. The Hall–Kier alpha value is -4.60. The van der Waals surface area contributed by atoms with Gasteiger partial charge in [-0.05, 0) is 23.6 Å². The molecule has 1 atom stereocenters. The van der Waals surface area contributed by atoms with E-state index in [1.54, 1.807) is 72.9 Å². The van der Waals surface area contributed by atoms with Crippen LogP contribution in [0.1, 0.15) is 16.7 Å². The number of pyridine rings is 1. The van der Waals surface area contributed by atoms with Crippen LogP contribution in [0.4, 0.5) is 18.0 Å². The number of hydrogen-bond acceptors (Lipinski definition) is 5. The predicted octanol–water partition coefficient (Wildman–Crippen LogP) is 5.36. The van der Waals surface area contributed by atoms with E-state index in [0.29, 0.717) is 11.1 Å². The van der Waals surface area contributed by atoms with E-state index in [-0.39, 0.29) is 28.6 Å². The van der Waals surface area contributed by atoms with E-state index in [1.165, 1.54) is 18.2 Å². The number of H-pyrrole nitrogens is 1. The first-order valence-electron chi connectivity index (χ1n) is 11.5. The number of benzene rings is 3. The maximum atomic E-state index is 15.1. The van der Waals surface area contributed by atoms with Crippen LogP contribution in [0.25, 0.3) is 22.0 Å². The van der Waals surface area contributed by atoms with Crippen LogP contribution in [-0.4, -0.2) is 30.3 Å². The zero-order valence-electron chi connectivity index (χ0n) is 20.4. The minimum Gasteiger partial charge on any atom is -0.467 e. The number of ether oxygens (including phenoxy) is 2. The number of alkyl halides is 3. The lowest BCUT2D eigenvalue weighted by Crippen LogP contribution is -2.63. The van der Waals surface area contributed by atoms with Crippen molar-refractivity contribution in [3.63, 3.8) is 0 Å². The molecule has 0 aliphatic carbocycles. The number of amides is 1. The fraction of sp³-hybridized carbons (Fsp3) is 0.179. The Labute approximate surface area is 215 Å².